The van der Waals surface area contributed by atoms with Gasteiger partial charge >= 0.3 is 6.03 Å². The van der Waals surface area contributed by atoms with Crippen molar-refractivity contribution < 1.29 is 4.79 Å². The number of carbonyl (C=O) groups is 1. The van der Waals surface area contributed by atoms with Crippen molar-refractivity contribution in [2.24, 2.45) is 0 Å². The van der Waals surface area contributed by atoms with Gasteiger partial charge in [-0.3, -0.25) is 0 Å². The zero-order valence-electron chi connectivity index (χ0n) is 12.4. The molecule has 2 N–H and O–H groups in total. The van der Waals surface area contributed by atoms with Gasteiger partial charge in [0.1, 0.15) is 0 Å². The van der Waals surface area contributed by atoms with Crippen LogP contribution in [0.4, 0.5) is 10.5 Å². The zero-order chi connectivity index (χ0) is 15.6. The second kappa shape index (κ2) is 5.61. The summed E-state index contributed by atoms with van der Waals surface area (Å²) in [4.78, 5) is 16.3. The molecular formula is C18H16N4O. The van der Waals surface area contributed by atoms with Crippen LogP contribution in [0.3, 0.4) is 0 Å². The minimum absolute atomic E-state index is 0.121. The largest absolute Gasteiger partial charge is 0.337 e. The number of aromatic nitrogens is 2. The SMILES string of the molecule is O=C(NCC1c2ccccc2-n2cncc21)Nc1ccccc1. The third kappa shape index (κ3) is 2.46. The zero-order valence-corrected chi connectivity index (χ0v) is 12.4. The lowest BCUT2D eigenvalue weighted by molar-refractivity contribution is 0.252. The molecule has 1 unspecified atom stereocenters. The van der Waals surface area contributed by atoms with E-state index in [-0.39, 0.29) is 11.9 Å². The lowest BCUT2D eigenvalue weighted by Gasteiger charge is -2.13. The number of amides is 2. The maximum atomic E-state index is 12.1. The van der Waals surface area contributed by atoms with Gasteiger partial charge in [0.15, 0.2) is 0 Å². The summed E-state index contributed by atoms with van der Waals surface area (Å²) in [6.07, 6.45) is 3.68. The summed E-state index contributed by atoms with van der Waals surface area (Å²) in [5.41, 5.74) is 4.23. The highest BCUT2D eigenvalue weighted by atomic mass is 16.2. The number of nitrogens with zero attached hydrogens (tertiary/aromatic N) is 2. The van der Waals surface area contributed by atoms with Crippen LogP contribution in [-0.4, -0.2) is 22.1 Å². The van der Waals surface area contributed by atoms with Crippen LogP contribution in [-0.2, 0) is 0 Å². The Morgan fingerprint density at radius 2 is 1.87 bits per heavy atom. The van der Waals surface area contributed by atoms with Gasteiger partial charge in [0.25, 0.3) is 0 Å². The highest BCUT2D eigenvalue weighted by Crippen LogP contribution is 2.36. The molecule has 2 heterocycles. The highest BCUT2D eigenvalue weighted by Gasteiger charge is 2.28. The standard InChI is InChI=1S/C18H16N4O/c23-18(21-13-6-2-1-3-7-13)20-10-15-14-8-4-5-9-16(14)22-12-19-11-17(15)22/h1-9,11-12,15H,10H2,(H2,20,21,23). The number of rotatable bonds is 3. The summed E-state index contributed by atoms with van der Waals surface area (Å²) in [5, 5.41) is 5.79. The number of imidazole rings is 1. The Bertz CT molecular complexity index is 841. The Morgan fingerprint density at radius 1 is 1.09 bits per heavy atom. The van der Waals surface area contributed by atoms with E-state index in [0.29, 0.717) is 6.54 Å². The Morgan fingerprint density at radius 3 is 2.74 bits per heavy atom. The molecule has 1 atom stereocenters. The van der Waals surface area contributed by atoms with Crippen LogP contribution in [0, 0.1) is 0 Å². The number of hydrogen-bond acceptors (Lipinski definition) is 2. The van der Waals surface area contributed by atoms with E-state index < -0.39 is 0 Å². The molecular weight excluding hydrogens is 288 g/mol. The van der Waals surface area contributed by atoms with Crippen molar-refractivity contribution >= 4 is 11.7 Å². The Kier molecular flexibility index (Phi) is 3.31. The molecule has 3 aromatic rings. The van der Waals surface area contributed by atoms with Crippen LogP contribution < -0.4 is 10.6 Å². The van der Waals surface area contributed by atoms with Gasteiger partial charge in [-0.2, -0.15) is 0 Å². The number of para-hydroxylation sites is 2. The van der Waals surface area contributed by atoms with Crippen molar-refractivity contribution in [1.29, 1.82) is 0 Å². The molecule has 0 spiro atoms. The first kappa shape index (κ1) is 13.6. The number of hydrogen-bond donors (Lipinski definition) is 2. The van der Waals surface area contributed by atoms with E-state index in [2.05, 4.69) is 32.3 Å². The van der Waals surface area contributed by atoms with Crippen molar-refractivity contribution in [3.05, 3.63) is 78.4 Å². The Balaban J connectivity index is 1.48. The van der Waals surface area contributed by atoms with Gasteiger partial charge in [-0.25, -0.2) is 9.78 Å². The normalized spacial score (nSPS) is 14.9. The number of benzene rings is 2. The summed E-state index contributed by atoms with van der Waals surface area (Å²) >= 11 is 0. The molecule has 1 aliphatic heterocycles. The smallest absolute Gasteiger partial charge is 0.319 e. The molecule has 23 heavy (non-hydrogen) atoms. The van der Waals surface area contributed by atoms with Gasteiger partial charge in [0.05, 0.1) is 17.7 Å². The fraction of sp³-hybridized carbons (Fsp3) is 0.111. The molecule has 1 aromatic heterocycles. The van der Waals surface area contributed by atoms with Crippen molar-refractivity contribution in [1.82, 2.24) is 14.9 Å². The fourth-order valence-electron chi connectivity index (χ4n) is 3.03. The molecule has 4 rings (SSSR count). The van der Waals surface area contributed by atoms with Crippen LogP contribution in [0.1, 0.15) is 17.2 Å². The summed E-state index contributed by atoms with van der Waals surface area (Å²) in [7, 11) is 0. The van der Waals surface area contributed by atoms with Gasteiger partial charge in [0.2, 0.25) is 0 Å². The van der Waals surface area contributed by atoms with Crippen LogP contribution in [0.5, 0.6) is 0 Å². The minimum atomic E-state index is -0.202. The van der Waals surface area contributed by atoms with Gasteiger partial charge in [-0.05, 0) is 23.8 Å². The average molecular weight is 304 g/mol. The molecule has 0 bridgehead atoms. The first-order chi connectivity index (χ1) is 11.3. The van der Waals surface area contributed by atoms with Crippen molar-refractivity contribution in [2.45, 2.75) is 5.92 Å². The maximum absolute atomic E-state index is 12.1. The van der Waals surface area contributed by atoms with Crippen LogP contribution in [0.2, 0.25) is 0 Å². The molecule has 0 saturated heterocycles. The minimum Gasteiger partial charge on any atom is -0.337 e. The van der Waals surface area contributed by atoms with E-state index in [1.165, 1.54) is 5.56 Å². The first-order valence-electron chi connectivity index (χ1n) is 7.54. The Hall–Kier alpha value is -3.08. The van der Waals surface area contributed by atoms with E-state index in [1.807, 2.05) is 55.0 Å². The second-order valence-corrected chi connectivity index (χ2v) is 5.50. The monoisotopic (exact) mass is 304 g/mol. The molecule has 5 nitrogen and oxygen atoms in total. The van der Waals surface area contributed by atoms with Crippen molar-refractivity contribution in [2.75, 3.05) is 11.9 Å². The summed E-state index contributed by atoms with van der Waals surface area (Å²) in [6, 6.07) is 17.4. The number of nitrogens with one attached hydrogen (secondary N) is 2. The average Bonchev–Trinajstić information content (AvgIpc) is 3.15. The van der Waals surface area contributed by atoms with Crippen molar-refractivity contribution in [3.63, 3.8) is 0 Å². The van der Waals surface area contributed by atoms with E-state index in [4.69, 9.17) is 0 Å². The molecule has 114 valence electrons. The van der Waals surface area contributed by atoms with Gasteiger partial charge in [-0.1, -0.05) is 36.4 Å². The topological polar surface area (TPSA) is 59.0 Å². The van der Waals surface area contributed by atoms with Gasteiger partial charge in [-0.15, -0.1) is 0 Å². The van der Waals surface area contributed by atoms with E-state index in [0.717, 1.165) is 17.1 Å². The summed E-state index contributed by atoms with van der Waals surface area (Å²) in [6.45, 7) is 0.529. The second-order valence-electron chi connectivity index (χ2n) is 5.50. The predicted octanol–water partition coefficient (Wildman–Crippen LogP) is 3.14. The molecule has 2 aromatic carbocycles. The number of urea groups is 1. The van der Waals surface area contributed by atoms with Crippen LogP contribution in [0.15, 0.2) is 67.1 Å². The number of fused-ring (bicyclic) bond motifs is 3. The number of anilines is 1. The molecule has 0 fully saturated rings. The highest BCUT2D eigenvalue weighted by molar-refractivity contribution is 5.89. The lowest BCUT2D eigenvalue weighted by Crippen LogP contribution is -2.32. The van der Waals surface area contributed by atoms with E-state index in [9.17, 15) is 4.79 Å². The number of carbonyl (C=O) groups excluding carboxylic acids is 1. The van der Waals surface area contributed by atoms with Crippen molar-refractivity contribution in [3.8, 4) is 5.69 Å². The van der Waals surface area contributed by atoms with Gasteiger partial charge in [0, 0.05) is 24.3 Å². The fourth-order valence-corrected chi connectivity index (χ4v) is 3.03. The lowest BCUT2D eigenvalue weighted by atomic mass is 9.98. The first-order valence-corrected chi connectivity index (χ1v) is 7.54. The molecule has 2 amide bonds. The molecule has 0 saturated carbocycles. The third-order valence-corrected chi connectivity index (χ3v) is 4.09. The van der Waals surface area contributed by atoms with Crippen LogP contribution in [0.25, 0.3) is 5.69 Å². The maximum Gasteiger partial charge on any atom is 0.319 e. The quantitative estimate of drug-likeness (QED) is 0.781. The Labute approximate surface area is 134 Å². The molecule has 0 radical (unpaired) electrons. The summed E-state index contributed by atoms with van der Waals surface area (Å²) < 4.78 is 2.08. The third-order valence-electron chi connectivity index (χ3n) is 4.09. The molecule has 0 aliphatic carbocycles. The van der Waals surface area contributed by atoms with Gasteiger partial charge < -0.3 is 15.2 Å². The predicted molar refractivity (Wildman–Crippen MR) is 88.9 cm³/mol. The molecule has 5 heteroatoms. The van der Waals surface area contributed by atoms with Crippen LogP contribution >= 0.6 is 0 Å². The van der Waals surface area contributed by atoms with E-state index in [1.54, 1.807) is 0 Å². The summed E-state index contributed by atoms with van der Waals surface area (Å²) in [5.74, 6) is 0.121. The molecule has 1 aliphatic rings. The van der Waals surface area contributed by atoms with E-state index >= 15 is 0 Å².